The first kappa shape index (κ1) is 14.0. The van der Waals surface area contributed by atoms with E-state index in [1.165, 1.54) is 19.6 Å². The van der Waals surface area contributed by atoms with Crippen LogP contribution in [0.25, 0.3) is 0 Å². The molecule has 0 amide bonds. The second kappa shape index (κ2) is 5.68. The molecular weight excluding hydrogens is 243 g/mol. The third-order valence-corrected chi connectivity index (χ3v) is 4.28. The van der Waals surface area contributed by atoms with Crippen molar-refractivity contribution in [2.45, 2.75) is 39.2 Å². The number of ether oxygens (including phenoxy) is 1. The summed E-state index contributed by atoms with van der Waals surface area (Å²) in [6.07, 6.45) is 3.47. The molecule has 0 saturated heterocycles. The summed E-state index contributed by atoms with van der Waals surface area (Å²) in [5, 5.41) is 3.43. The molecule has 0 heterocycles. The zero-order valence-corrected chi connectivity index (χ0v) is 11.9. The molecule has 4 heteroatoms. The van der Waals surface area contributed by atoms with E-state index >= 15 is 0 Å². The molecule has 1 aliphatic carbocycles. The van der Waals surface area contributed by atoms with Crippen LogP contribution in [0.5, 0.6) is 5.75 Å². The normalized spacial score (nSPS) is 27.1. The topological polar surface area (TPSA) is 47.3 Å². The van der Waals surface area contributed by atoms with Crippen LogP contribution in [0.2, 0.25) is 0 Å². The number of nitrogens with two attached hydrogens (primary N) is 1. The lowest BCUT2D eigenvalue weighted by molar-refractivity contribution is 0.261. The summed E-state index contributed by atoms with van der Waals surface area (Å²) in [7, 11) is 1.46. The Labute approximate surface area is 114 Å². The predicted octanol–water partition coefficient (Wildman–Crippen LogP) is 3.65. The van der Waals surface area contributed by atoms with Crippen molar-refractivity contribution < 1.29 is 9.13 Å². The molecule has 0 radical (unpaired) electrons. The molecule has 1 aliphatic rings. The van der Waals surface area contributed by atoms with Crippen LogP contribution in [0, 0.1) is 17.7 Å². The number of rotatable bonds is 3. The fraction of sp³-hybridized carbons (Fsp3) is 0.600. The summed E-state index contributed by atoms with van der Waals surface area (Å²) in [5.41, 5.74) is 7.07. The predicted molar refractivity (Wildman–Crippen MR) is 77.0 cm³/mol. The Morgan fingerprint density at radius 3 is 2.63 bits per heavy atom. The number of hydrogen-bond acceptors (Lipinski definition) is 3. The Bertz CT molecular complexity index is 450. The van der Waals surface area contributed by atoms with Crippen LogP contribution in [-0.4, -0.2) is 13.2 Å². The van der Waals surface area contributed by atoms with E-state index in [4.69, 9.17) is 10.5 Å². The maximum atomic E-state index is 13.5. The van der Waals surface area contributed by atoms with Crippen molar-refractivity contribution in [3.05, 3.63) is 17.9 Å². The molecule has 3 nitrogen and oxygen atoms in total. The van der Waals surface area contributed by atoms with Gasteiger partial charge in [-0.2, -0.15) is 0 Å². The van der Waals surface area contributed by atoms with E-state index < -0.39 is 5.82 Å². The van der Waals surface area contributed by atoms with Gasteiger partial charge in [-0.15, -0.1) is 0 Å². The van der Waals surface area contributed by atoms with E-state index in [1.807, 2.05) is 0 Å². The first-order chi connectivity index (χ1) is 9.01. The van der Waals surface area contributed by atoms with Gasteiger partial charge in [-0.1, -0.05) is 13.8 Å². The minimum Gasteiger partial charge on any atom is -0.494 e. The van der Waals surface area contributed by atoms with Crippen LogP contribution in [-0.2, 0) is 0 Å². The van der Waals surface area contributed by atoms with Crippen molar-refractivity contribution in [2.24, 2.45) is 11.8 Å². The van der Waals surface area contributed by atoms with Crippen LogP contribution in [0.1, 0.15) is 33.1 Å². The SMILES string of the molecule is COc1cc(NC2CCC(C)C(C)C2)c(N)cc1F. The molecule has 3 atom stereocenters. The number of nitrogen functional groups attached to an aromatic ring is 1. The summed E-state index contributed by atoms with van der Waals surface area (Å²) < 4.78 is 18.5. The van der Waals surface area contributed by atoms with Crippen molar-refractivity contribution in [3.8, 4) is 5.75 Å². The number of hydrogen-bond donors (Lipinski definition) is 2. The highest BCUT2D eigenvalue weighted by Crippen LogP contribution is 2.34. The molecular formula is C15H23FN2O. The van der Waals surface area contributed by atoms with E-state index in [2.05, 4.69) is 19.2 Å². The quantitative estimate of drug-likeness (QED) is 0.821. The Morgan fingerprint density at radius 1 is 1.26 bits per heavy atom. The fourth-order valence-electron chi connectivity index (χ4n) is 2.75. The molecule has 1 saturated carbocycles. The average Bonchev–Trinajstić information content (AvgIpc) is 2.37. The zero-order chi connectivity index (χ0) is 14.0. The Balaban J connectivity index is 2.11. The molecule has 1 aromatic carbocycles. The van der Waals surface area contributed by atoms with Crippen LogP contribution in [0.4, 0.5) is 15.8 Å². The number of benzene rings is 1. The summed E-state index contributed by atoms with van der Waals surface area (Å²) in [4.78, 5) is 0. The van der Waals surface area contributed by atoms with Crippen molar-refractivity contribution in [1.82, 2.24) is 0 Å². The molecule has 1 fully saturated rings. The summed E-state index contributed by atoms with van der Waals surface area (Å²) in [6.45, 7) is 4.59. The fourth-order valence-corrected chi connectivity index (χ4v) is 2.75. The molecule has 0 aliphatic heterocycles. The van der Waals surface area contributed by atoms with Gasteiger partial charge in [0, 0.05) is 18.2 Å². The highest BCUT2D eigenvalue weighted by Gasteiger charge is 2.25. The lowest BCUT2D eigenvalue weighted by Crippen LogP contribution is -2.30. The van der Waals surface area contributed by atoms with Crippen LogP contribution in [0.3, 0.4) is 0 Å². The van der Waals surface area contributed by atoms with Crippen LogP contribution < -0.4 is 15.8 Å². The number of methoxy groups -OCH3 is 1. The molecule has 3 unspecified atom stereocenters. The second-order valence-corrected chi connectivity index (χ2v) is 5.68. The Morgan fingerprint density at radius 2 is 2.00 bits per heavy atom. The van der Waals surface area contributed by atoms with Gasteiger partial charge in [-0.05, 0) is 31.1 Å². The molecule has 2 rings (SSSR count). The molecule has 1 aromatic rings. The van der Waals surface area contributed by atoms with Gasteiger partial charge in [0.1, 0.15) is 0 Å². The van der Waals surface area contributed by atoms with Crippen molar-refractivity contribution in [3.63, 3.8) is 0 Å². The van der Waals surface area contributed by atoms with E-state index in [1.54, 1.807) is 6.07 Å². The molecule has 0 bridgehead atoms. The van der Waals surface area contributed by atoms with E-state index in [0.29, 0.717) is 17.6 Å². The highest BCUT2D eigenvalue weighted by molar-refractivity contribution is 5.69. The Kier molecular flexibility index (Phi) is 4.17. The van der Waals surface area contributed by atoms with Gasteiger partial charge in [0.05, 0.1) is 18.5 Å². The first-order valence-electron chi connectivity index (χ1n) is 6.90. The van der Waals surface area contributed by atoms with Gasteiger partial charge in [0.25, 0.3) is 0 Å². The standard InChI is InChI=1S/C15H23FN2O/c1-9-4-5-11(6-10(9)2)18-14-8-15(19-3)12(16)7-13(14)17/h7-11,18H,4-6,17H2,1-3H3. The maximum Gasteiger partial charge on any atom is 0.167 e. The lowest BCUT2D eigenvalue weighted by Gasteiger charge is -2.33. The van der Waals surface area contributed by atoms with Gasteiger partial charge in [-0.3, -0.25) is 0 Å². The van der Waals surface area contributed by atoms with Gasteiger partial charge >= 0.3 is 0 Å². The monoisotopic (exact) mass is 266 g/mol. The molecule has 0 aromatic heterocycles. The molecule has 19 heavy (non-hydrogen) atoms. The van der Waals surface area contributed by atoms with Gasteiger partial charge in [0.2, 0.25) is 0 Å². The largest absolute Gasteiger partial charge is 0.494 e. The lowest BCUT2D eigenvalue weighted by atomic mass is 9.79. The maximum absolute atomic E-state index is 13.5. The minimum atomic E-state index is -0.420. The van der Waals surface area contributed by atoms with Crippen molar-refractivity contribution in [2.75, 3.05) is 18.2 Å². The third-order valence-electron chi connectivity index (χ3n) is 4.28. The van der Waals surface area contributed by atoms with E-state index in [-0.39, 0.29) is 5.75 Å². The van der Waals surface area contributed by atoms with Crippen molar-refractivity contribution >= 4 is 11.4 Å². The number of halogens is 1. The van der Waals surface area contributed by atoms with Crippen molar-refractivity contribution in [1.29, 1.82) is 0 Å². The van der Waals surface area contributed by atoms with Crippen LogP contribution in [0.15, 0.2) is 12.1 Å². The smallest absolute Gasteiger partial charge is 0.167 e. The average molecular weight is 266 g/mol. The summed E-state index contributed by atoms with van der Waals surface area (Å²) in [5.74, 6) is 1.29. The number of nitrogens with one attached hydrogen (secondary N) is 1. The minimum absolute atomic E-state index is 0.230. The summed E-state index contributed by atoms with van der Waals surface area (Å²) in [6, 6.07) is 3.37. The second-order valence-electron chi connectivity index (χ2n) is 5.68. The van der Waals surface area contributed by atoms with Gasteiger partial charge in [-0.25, -0.2) is 4.39 Å². The first-order valence-corrected chi connectivity index (χ1v) is 6.90. The van der Waals surface area contributed by atoms with Crippen LogP contribution >= 0.6 is 0 Å². The Hall–Kier alpha value is -1.45. The zero-order valence-electron chi connectivity index (χ0n) is 11.9. The molecule has 3 N–H and O–H groups in total. The molecule has 0 spiro atoms. The van der Waals surface area contributed by atoms with E-state index in [9.17, 15) is 4.39 Å². The third kappa shape index (κ3) is 3.11. The van der Waals surface area contributed by atoms with Gasteiger partial charge in [0.15, 0.2) is 11.6 Å². The van der Waals surface area contributed by atoms with Gasteiger partial charge < -0.3 is 15.8 Å². The highest BCUT2D eigenvalue weighted by atomic mass is 19.1. The van der Waals surface area contributed by atoms with E-state index in [0.717, 1.165) is 24.4 Å². The molecule has 106 valence electrons. The summed E-state index contributed by atoms with van der Waals surface area (Å²) >= 11 is 0. The number of anilines is 2.